The van der Waals surface area contributed by atoms with E-state index in [1.165, 1.54) is 5.19 Å². The van der Waals surface area contributed by atoms with Crippen LogP contribution in [0.5, 0.6) is 5.75 Å². The van der Waals surface area contributed by atoms with Crippen LogP contribution >= 0.6 is 22.6 Å². The second-order valence-corrected chi connectivity index (χ2v) is 10.6. The summed E-state index contributed by atoms with van der Waals surface area (Å²) in [6.07, 6.45) is 0. The number of hydrogen-bond donors (Lipinski definition) is 1. The fraction of sp³-hybridized carbons (Fsp3) is 0.400. The molecule has 0 aliphatic carbocycles. The Labute approximate surface area is 94.3 Å². The summed E-state index contributed by atoms with van der Waals surface area (Å²) >= 11 is 2.19. The van der Waals surface area contributed by atoms with Crippen molar-refractivity contribution in [3.63, 3.8) is 0 Å². The van der Waals surface area contributed by atoms with Crippen molar-refractivity contribution in [1.29, 1.82) is 0 Å². The normalized spacial score (nSPS) is 11.8. The number of aromatic hydroxyl groups is 1. The maximum Gasteiger partial charge on any atom is 0.131 e. The highest BCUT2D eigenvalue weighted by Crippen LogP contribution is 2.23. The second-order valence-electron chi connectivity index (χ2n) is 4.37. The molecule has 0 saturated carbocycles. The molecule has 0 radical (unpaired) electrons. The lowest BCUT2D eigenvalue weighted by Gasteiger charge is -2.18. The molecule has 0 fully saturated rings. The number of phenols is 1. The van der Waals surface area contributed by atoms with E-state index in [0.29, 0.717) is 5.75 Å². The predicted molar refractivity (Wildman–Crippen MR) is 68.5 cm³/mol. The molecule has 1 N–H and O–H groups in total. The van der Waals surface area contributed by atoms with Crippen LogP contribution in [0.15, 0.2) is 12.1 Å². The largest absolute Gasteiger partial charge is 0.507 e. The third-order valence-corrected chi connectivity index (χ3v) is 4.96. The average molecular weight is 306 g/mol. The van der Waals surface area contributed by atoms with E-state index >= 15 is 0 Å². The van der Waals surface area contributed by atoms with Crippen molar-refractivity contribution in [2.24, 2.45) is 0 Å². The molecule has 0 aromatic heterocycles. The Balaban J connectivity index is 3.29. The van der Waals surface area contributed by atoms with Gasteiger partial charge in [0.05, 0.1) is 11.6 Å². The summed E-state index contributed by atoms with van der Waals surface area (Å²) in [6, 6.07) is 4.22. The Bertz CT molecular complexity index is 305. The summed E-state index contributed by atoms with van der Waals surface area (Å²) in [5.41, 5.74) is 0.990. The molecule has 0 aliphatic heterocycles. The molecule has 1 rings (SSSR count). The van der Waals surface area contributed by atoms with Crippen molar-refractivity contribution in [1.82, 2.24) is 0 Å². The van der Waals surface area contributed by atoms with Crippen LogP contribution in [-0.4, -0.2) is 13.2 Å². The predicted octanol–water partition coefficient (Wildman–Crippen LogP) is 2.85. The first kappa shape index (κ1) is 11.0. The van der Waals surface area contributed by atoms with Crippen LogP contribution in [-0.2, 0) is 0 Å². The molecule has 0 bridgehead atoms. The van der Waals surface area contributed by atoms with Crippen LogP contribution < -0.4 is 5.19 Å². The summed E-state index contributed by atoms with van der Waals surface area (Å²) in [7, 11) is -1.23. The van der Waals surface area contributed by atoms with Gasteiger partial charge < -0.3 is 5.11 Å². The van der Waals surface area contributed by atoms with Crippen LogP contribution in [0, 0.1) is 10.5 Å². The van der Waals surface area contributed by atoms with Gasteiger partial charge in [-0.2, -0.15) is 0 Å². The van der Waals surface area contributed by atoms with Gasteiger partial charge in [0.15, 0.2) is 0 Å². The summed E-state index contributed by atoms with van der Waals surface area (Å²) in [4.78, 5) is 0. The summed E-state index contributed by atoms with van der Waals surface area (Å²) in [5.74, 6) is 0.433. The molecule has 0 spiro atoms. The lowest BCUT2D eigenvalue weighted by Crippen LogP contribution is -2.37. The van der Waals surface area contributed by atoms with Crippen molar-refractivity contribution in [2.45, 2.75) is 26.6 Å². The van der Waals surface area contributed by atoms with Gasteiger partial charge in [-0.15, -0.1) is 0 Å². The van der Waals surface area contributed by atoms with E-state index in [1.807, 2.05) is 6.92 Å². The molecule has 72 valence electrons. The highest BCUT2D eigenvalue weighted by atomic mass is 127. The van der Waals surface area contributed by atoms with E-state index < -0.39 is 8.07 Å². The van der Waals surface area contributed by atoms with Crippen LogP contribution in [0.2, 0.25) is 19.6 Å². The fourth-order valence-corrected chi connectivity index (χ4v) is 3.45. The third kappa shape index (κ3) is 2.46. The van der Waals surface area contributed by atoms with Crippen molar-refractivity contribution < 1.29 is 5.11 Å². The van der Waals surface area contributed by atoms with E-state index in [-0.39, 0.29) is 0 Å². The molecule has 0 heterocycles. The van der Waals surface area contributed by atoms with Gasteiger partial charge in [0.1, 0.15) is 5.75 Å². The van der Waals surface area contributed by atoms with E-state index in [1.54, 1.807) is 0 Å². The zero-order valence-corrected chi connectivity index (χ0v) is 11.6. The molecule has 0 saturated heterocycles. The molecule has 1 aromatic carbocycles. The van der Waals surface area contributed by atoms with Gasteiger partial charge in [-0.05, 0) is 41.1 Å². The number of rotatable bonds is 1. The van der Waals surface area contributed by atoms with Crippen molar-refractivity contribution >= 4 is 35.9 Å². The molecule has 13 heavy (non-hydrogen) atoms. The standard InChI is InChI=1S/C10H15IOSi/c1-7-5-8(13(2,3)4)6-9(11)10(7)12/h5-6,12H,1-4H3. The van der Waals surface area contributed by atoms with Gasteiger partial charge in [-0.3, -0.25) is 0 Å². The minimum absolute atomic E-state index is 0.433. The van der Waals surface area contributed by atoms with Gasteiger partial charge in [0.2, 0.25) is 0 Å². The molecular weight excluding hydrogens is 291 g/mol. The number of aryl methyl sites for hydroxylation is 1. The summed E-state index contributed by atoms with van der Waals surface area (Å²) in [5, 5.41) is 11.0. The van der Waals surface area contributed by atoms with Gasteiger partial charge in [-0.1, -0.05) is 30.9 Å². The monoisotopic (exact) mass is 306 g/mol. The van der Waals surface area contributed by atoms with Gasteiger partial charge in [-0.25, -0.2) is 0 Å². The van der Waals surface area contributed by atoms with Gasteiger partial charge in [0.25, 0.3) is 0 Å². The van der Waals surface area contributed by atoms with Crippen LogP contribution in [0.1, 0.15) is 5.56 Å². The smallest absolute Gasteiger partial charge is 0.131 e. The maximum absolute atomic E-state index is 9.60. The molecule has 1 aromatic rings. The Hall–Kier alpha value is -0.0331. The molecule has 0 atom stereocenters. The lowest BCUT2D eigenvalue weighted by atomic mass is 10.2. The lowest BCUT2D eigenvalue weighted by molar-refractivity contribution is 0.467. The Morgan fingerprint density at radius 2 is 1.77 bits per heavy atom. The van der Waals surface area contributed by atoms with E-state index in [2.05, 4.69) is 54.4 Å². The van der Waals surface area contributed by atoms with Crippen LogP contribution in [0.3, 0.4) is 0 Å². The Kier molecular flexibility index (Phi) is 3.07. The van der Waals surface area contributed by atoms with E-state index in [9.17, 15) is 5.11 Å². The minimum Gasteiger partial charge on any atom is -0.507 e. The highest BCUT2D eigenvalue weighted by Gasteiger charge is 2.18. The van der Waals surface area contributed by atoms with Crippen molar-refractivity contribution in [3.05, 3.63) is 21.3 Å². The Morgan fingerprint density at radius 3 is 2.15 bits per heavy atom. The van der Waals surface area contributed by atoms with Crippen LogP contribution in [0.25, 0.3) is 0 Å². The third-order valence-electron chi connectivity index (χ3n) is 2.12. The van der Waals surface area contributed by atoms with Crippen LogP contribution in [0.4, 0.5) is 0 Å². The minimum atomic E-state index is -1.23. The maximum atomic E-state index is 9.60. The second kappa shape index (κ2) is 3.61. The van der Waals surface area contributed by atoms with Gasteiger partial charge >= 0.3 is 0 Å². The first-order chi connectivity index (χ1) is 5.82. The first-order valence-electron chi connectivity index (χ1n) is 4.32. The fourth-order valence-electron chi connectivity index (χ4n) is 1.17. The molecule has 0 aliphatic rings. The van der Waals surface area contributed by atoms with Crippen molar-refractivity contribution in [2.75, 3.05) is 0 Å². The summed E-state index contributed by atoms with van der Waals surface area (Å²) < 4.78 is 0.968. The molecule has 0 amide bonds. The quantitative estimate of drug-likeness (QED) is 0.625. The highest BCUT2D eigenvalue weighted by molar-refractivity contribution is 14.1. The SMILES string of the molecule is Cc1cc([Si](C)(C)C)cc(I)c1O. The van der Waals surface area contributed by atoms with Gasteiger partial charge in [0, 0.05) is 0 Å². The molecule has 0 unspecified atom stereocenters. The zero-order chi connectivity index (χ0) is 10.2. The van der Waals surface area contributed by atoms with Crippen molar-refractivity contribution in [3.8, 4) is 5.75 Å². The topological polar surface area (TPSA) is 20.2 Å². The van der Waals surface area contributed by atoms with E-state index in [0.717, 1.165) is 9.13 Å². The number of phenolic OH excluding ortho intramolecular Hbond substituents is 1. The number of hydrogen-bond acceptors (Lipinski definition) is 1. The number of benzene rings is 1. The summed E-state index contributed by atoms with van der Waals surface area (Å²) in [6.45, 7) is 8.90. The average Bonchev–Trinajstić information content (AvgIpc) is 1.97. The molecular formula is C10H15IOSi. The zero-order valence-electron chi connectivity index (χ0n) is 8.48. The molecule has 1 nitrogen and oxygen atoms in total. The Morgan fingerprint density at radius 1 is 1.23 bits per heavy atom. The first-order valence-corrected chi connectivity index (χ1v) is 8.90. The van der Waals surface area contributed by atoms with E-state index in [4.69, 9.17) is 0 Å². The number of halogens is 1. The molecule has 3 heteroatoms.